The summed E-state index contributed by atoms with van der Waals surface area (Å²) in [6.45, 7) is 4.06. The Morgan fingerprint density at radius 2 is 1.41 bits per heavy atom. The van der Waals surface area contributed by atoms with Crippen molar-refractivity contribution in [1.82, 2.24) is 0 Å². The van der Waals surface area contributed by atoms with E-state index in [1.54, 1.807) is 0 Å². The van der Waals surface area contributed by atoms with Crippen molar-refractivity contribution in [2.45, 2.75) is 63.9 Å². The molecule has 0 saturated carbocycles. The molecule has 0 heterocycles. The quantitative estimate of drug-likeness (QED) is 0.355. The number of carboxylic acid groups (broad SMARTS) is 2. The Hall–Kier alpha value is -1.22. The number of unbranched alkanes of at least 4 members (excludes halogenated alkanes) is 2. The molecule has 0 fully saturated rings. The van der Waals surface area contributed by atoms with Gasteiger partial charge in [0.25, 0.3) is 0 Å². The summed E-state index contributed by atoms with van der Waals surface area (Å²) < 4.78 is 10.5. The molecular formula is C14H26O8. The van der Waals surface area contributed by atoms with E-state index >= 15 is 0 Å². The zero-order valence-electron chi connectivity index (χ0n) is 13.0. The minimum Gasteiger partial charge on any atom is -0.479 e. The van der Waals surface area contributed by atoms with Crippen molar-refractivity contribution in [3.8, 4) is 0 Å². The second-order valence-electron chi connectivity index (χ2n) is 4.95. The van der Waals surface area contributed by atoms with Crippen LogP contribution in [0.1, 0.15) is 39.5 Å². The van der Waals surface area contributed by atoms with Crippen LogP contribution in [0.15, 0.2) is 0 Å². The van der Waals surface area contributed by atoms with Crippen molar-refractivity contribution in [3.63, 3.8) is 0 Å². The van der Waals surface area contributed by atoms with Gasteiger partial charge in [-0.25, -0.2) is 9.59 Å². The molecule has 0 rings (SSSR count). The van der Waals surface area contributed by atoms with Gasteiger partial charge < -0.3 is 29.9 Å². The number of hydrogen-bond donors (Lipinski definition) is 4. The number of rotatable bonds is 13. The molecule has 8 heteroatoms. The van der Waals surface area contributed by atoms with E-state index in [4.69, 9.17) is 14.6 Å². The fourth-order valence-electron chi connectivity index (χ4n) is 1.72. The van der Waals surface area contributed by atoms with E-state index in [2.05, 4.69) is 0 Å². The first kappa shape index (κ1) is 20.8. The minimum atomic E-state index is -2.15. The average Bonchev–Trinajstić information content (AvgIpc) is 2.47. The molecule has 4 N–H and O–H groups in total. The number of carbonyl (C=O) groups is 2. The molecule has 0 aliphatic rings. The Balaban J connectivity index is 5.03. The number of hydrogen-bond acceptors (Lipinski definition) is 6. The molecule has 0 aromatic heterocycles. The zero-order chi connectivity index (χ0) is 17.1. The number of aliphatic hydroxyl groups is 2. The van der Waals surface area contributed by atoms with E-state index in [9.17, 15) is 24.9 Å². The molecule has 0 aliphatic heterocycles. The smallest absolute Gasteiger partial charge is 0.335 e. The molecule has 0 radical (unpaired) electrons. The molecule has 4 atom stereocenters. The van der Waals surface area contributed by atoms with E-state index in [1.807, 2.05) is 13.8 Å². The van der Waals surface area contributed by atoms with Gasteiger partial charge in [-0.05, 0) is 12.8 Å². The van der Waals surface area contributed by atoms with Crippen LogP contribution in [0.3, 0.4) is 0 Å². The summed E-state index contributed by atoms with van der Waals surface area (Å²) in [5, 5.41) is 37.3. The largest absolute Gasteiger partial charge is 0.479 e. The van der Waals surface area contributed by atoms with E-state index < -0.39 is 36.4 Å². The molecule has 0 spiro atoms. The van der Waals surface area contributed by atoms with Crippen LogP contribution in [0.25, 0.3) is 0 Å². The number of ether oxygens (including phenoxy) is 2. The zero-order valence-corrected chi connectivity index (χ0v) is 13.0. The summed E-state index contributed by atoms with van der Waals surface area (Å²) in [5.74, 6) is -3.04. The van der Waals surface area contributed by atoms with Gasteiger partial charge in [-0.3, -0.25) is 0 Å². The lowest BCUT2D eigenvalue weighted by Crippen LogP contribution is -2.52. The predicted molar refractivity (Wildman–Crippen MR) is 76.6 cm³/mol. The van der Waals surface area contributed by atoms with Crippen LogP contribution in [0.5, 0.6) is 0 Å². The highest BCUT2D eigenvalue weighted by Crippen LogP contribution is 2.15. The minimum absolute atomic E-state index is 0.130. The maximum atomic E-state index is 11.3. The van der Waals surface area contributed by atoms with Crippen LogP contribution in [-0.2, 0) is 19.1 Å². The van der Waals surface area contributed by atoms with E-state index in [0.29, 0.717) is 12.8 Å². The first-order chi connectivity index (χ1) is 10.4. The van der Waals surface area contributed by atoms with Crippen LogP contribution >= 0.6 is 0 Å². The molecule has 130 valence electrons. The van der Waals surface area contributed by atoms with Crippen LogP contribution in [-0.4, -0.2) is 70.0 Å². The molecular weight excluding hydrogens is 296 g/mol. The van der Waals surface area contributed by atoms with Crippen molar-refractivity contribution in [3.05, 3.63) is 0 Å². The number of carboxylic acids is 2. The van der Waals surface area contributed by atoms with Crippen molar-refractivity contribution in [2.24, 2.45) is 0 Å². The highest BCUT2D eigenvalue weighted by atomic mass is 16.6. The van der Waals surface area contributed by atoms with Gasteiger partial charge in [-0.2, -0.15) is 0 Å². The fraction of sp³-hybridized carbons (Fsp3) is 0.857. The summed E-state index contributed by atoms with van der Waals surface area (Å²) in [4.78, 5) is 22.1. The van der Waals surface area contributed by atoms with Crippen molar-refractivity contribution < 1.29 is 39.5 Å². The molecule has 0 unspecified atom stereocenters. The third kappa shape index (κ3) is 7.17. The Morgan fingerprint density at radius 1 is 0.909 bits per heavy atom. The van der Waals surface area contributed by atoms with Crippen molar-refractivity contribution in [1.29, 1.82) is 0 Å². The second kappa shape index (κ2) is 11.4. The third-order valence-electron chi connectivity index (χ3n) is 3.06. The summed E-state index contributed by atoms with van der Waals surface area (Å²) in [6.07, 6.45) is -4.29. The maximum Gasteiger partial charge on any atom is 0.335 e. The third-order valence-corrected chi connectivity index (χ3v) is 3.06. The molecule has 0 aliphatic carbocycles. The highest BCUT2D eigenvalue weighted by molar-refractivity contribution is 5.75. The van der Waals surface area contributed by atoms with Crippen LogP contribution < -0.4 is 0 Å². The standard InChI is InChI=1S/C14H26O8/c1-3-5-7-21-11(9(15)10(16)13(17)18)12(14(19)20)22-8-6-4-2/h9-12,15-16H,3-8H2,1-2H3,(H,17,18)(H,19,20)/t9-,10-,11-,12+/m0/s1. The van der Waals surface area contributed by atoms with Crippen LogP contribution in [0.4, 0.5) is 0 Å². The lowest BCUT2D eigenvalue weighted by atomic mass is 10.0. The Morgan fingerprint density at radius 3 is 1.82 bits per heavy atom. The van der Waals surface area contributed by atoms with Crippen LogP contribution in [0.2, 0.25) is 0 Å². The first-order valence-electron chi connectivity index (χ1n) is 7.41. The molecule has 0 amide bonds. The van der Waals surface area contributed by atoms with E-state index in [-0.39, 0.29) is 13.2 Å². The van der Waals surface area contributed by atoms with E-state index in [0.717, 1.165) is 12.8 Å². The average molecular weight is 322 g/mol. The summed E-state index contributed by atoms with van der Waals surface area (Å²) in [6, 6.07) is 0. The lowest BCUT2D eigenvalue weighted by molar-refractivity contribution is -0.187. The molecule has 0 aromatic carbocycles. The maximum absolute atomic E-state index is 11.3. The summed E-state index contributed by atoms with van der Waals surface area (Å²) in [5.41, 5.74) is 0. The van der Waals surface area contributed by atoms with Crippen molar-refractivity contribution in [2.75, 3.05) is 13.2 Å². The number of aliphatic carboxylic acids is 2. The van der Waals surface area contributed by atoms with Gasteiger partial charge in [0.1, 0.15) is 12.2 Å². The molecule has 22 heavy (non-hydrogen) atoms. The van der Waals surface area contributed by atoms with Gasteiger partial charge in [0.15, 0.2) is 12.2 Å². The Kier molecular flexibility index (Phi) is 10.7. The van der Waals surface area contributed by atoms with Gasteiger partial charge in [-0.1, -0.05) is 26.7 Å². The van der Waals surface area contributed by atoms with Gasteiger partial charge in [-0.15, -0.1) is 0 Å². The number of aliphatic hydroxyl groups excluding tert-OH is 2. The van der Waals surface area contributed by atoms with E-state index in [1.165, 1.54) is 0 Å². The second-order valence-corrected chi connectivity index (χ2v) is 4.95. The van der Waals surface area contributed by atoms with Crippen molar-refractivity contribution >= 4 is 11.9 Å². The summed E-state index contributed by atoms with van der Waals surface area (Å²) in [7, 11) is 0. The predicted octanol–water partition coefficient (Wildman–Crippen LogP) is 0.248. The van der Waals surface area contributed by atoms with Crippen LogP contribution in [0, 0.1) is 0 Å². The fourth-order valence-corrected chi connectivity index (χ4v) is 1.72. The SMILES string of the molecule is CCCCO[C@@H]([C@@H](O)[C@H](O)C(=O)O)[C@@H](OCCCC)C(=O)O. The molecule has 8 nitrogen and oxygen atoms in total. The molecule has 0 aromatic rings. The van der Waals surface area contributed by atoms with Gasteiger partial charge >= 0.3 is 11.9 Å². The van der Waals surface area contributed by atoms with Gasteiger partial charge in [0.05, 0.1) is 0 Å². The monoisotopic (exact) mass is 322 g/mol. The van der Waals surface area contributed by atoms with Gasteiger partial charge in [0.2, 0.25) is 0 Å². The Bertz CT molecular complexity index is 333. The lowest BCUT2D eigenvalue weighted by Gasteiger charge is -2.29. The Labute approximate surface area is 129 Å². The summed E-state index contributed by atoms with van der Waals surface area (Å²) >= 11 is 0. The topological polar surface area (TPSA) is 134 Å². The normalized spacial score (nSPS) is 16.7. The van der Waals surface area contributed by atoms with Gasteiger partial charge in [0, 0.05) is 13.2 Å². The molecule has 0 saturated heterocycles. The molecule has 0 bridgehead atoms. The first-order valence-corrected chi connectivity index (χ1v) is 7.41. The highest BCUT2D eigenvalue weighted by Gasteiger charge is 2.41.